The molecule has 0 spiro atoms. The maximum Gasteiger partial charge on any atom is 0.528 e. The van der Waals surface area contributed by atoms with Gasteiger partial charge < -0.3 is 15.4 Å². The van der Waals surface area contributed by atoms with Crippen molar-refractivity contribution in [2.45, 2.75) is 18.9 Å². The molecule has 0 aromatic rings. The quantitative estimate of drug-likeness (QED) is 0.238. The zero-order valence-electron chi connectivity index (χ0n) is 8.70. The van der Waals surface area contributed by atoms with Crippen molar-refractivity contribution in [1.29, 1.82) is 0 Å². The molecule has 0 unspecified atom stereocenters. The summed E-state index contributed by atoms with van der Waals surface area (Å²) >= 11 is 0. The van der Waals surface area contributed by atoms with E-state index in [4.69, 9.17) is 20.6 Å². The molecule has 0 fully saturated rings. The number of nitrogens with one attached hydrogen (secondary N) is 2. The predicted molar refractivity (Wildman–Crippen MR) is 54.5 cm³/mol. The van der Waals surface area contributed by atoms with E-state index in [0.29, 0.717) is 6.42 Å². The van der Waals surface area contributed by atoms with Gasteiger partial charge in [-0.1, -0.05) is 0 Å². The smallest absolute Gasteiger partial charge is 0.480 e. The number of amides is 1. The van der Waals surface area contributed by atoms with Crippen molar-refractivity contribution < 1.29 is 33.6 Å². The van der Waals surface area contributed by atoms with E-state index in [2.05, 4.69) is 9.95 Å². The van der Waals surface area contributed by atoms with Crippen LogP contribution in [0.2, 0.25) is 0 Å². The average molecular weight is 271 g/mol. The zero-order chi connectivity index (χ0) is 13.5. The van der Waals surface area contributed by atoms with Crippen LogP contribution in [0.4, 0.5) is 4.79 Å². The molecule has 7 N–H and O–H groups in total. The molecule has 10 nitrogen and oxygen atoms in total. The van der Waals surface area contributed by atoms with Gasteiger partial charge in [-0.05, 0) is 19.4 Å². The van der Waals surface area contributed by atoms with Gasteiger partial charge in [-0.2, -0.15) is 0 Å². The minimum Gasteiger partial charge on any atom is -0.480 e. The summed E-state index contributed by atoms with van der Waals surface area (Å²) in [6, 6.07) is -1.12. The molecule has 0 saturated heterocycles. The lowest BCUT2D eigenvalue weighted by molar-refractivity contribution is -0.139. The second-order valence-corrected chi connectivity index (χ2v) is 4.12. The Morgan fingerprint density at radius 1 is 1.41 bits per heavy atom. The number of carbonyl (C=O) groups excluding carboxylic acids is 1. The summed E-state index contributed by atoms with van der Waals surface area (Å²) in [4.78, 5) is 38.0. The van der Waals surface area contributed by atoms with E-state index in [-0.39, 0.29) is 13.0 Å². The average Bonchev–Trinajstić information content (AvgIpc) is 2.14. The Hall–Kier alpha value is -1.19. The lowest BCUT2D eigenvalue weighted by atomic mass is 10.2. The van der Waals surface area contributed by atoms with E-state index in [1.165, 1.54) is 0 Å². The standard InChI is InChI=1S/C6H14N3O7P/c7-3-1-2-4(5(10)11)8-9-6(12)16-17(13,14)15/h4,8H,1-3,7H2,(H,9,12)(H,10,11)(H2,13,14,15)/t4-/m0/s1. The van der Waals surface area contributed by atoms with Gasteiger partial charge in [-0.15, -0.1) is 0 Å². The molecule has 11 heteroatoms. The zero-order valence-corrected chi connectivity index (χ0v) is 9.59. The lowest BCUT2D eigenvalue weighted by Crippen LogP contribution is -2.48. The normalized spacial score (nSPS) is 12.9. The number of carboxylic acid groups (broad SMARTS) is 1. The molecular weight excluding hydrogens is 257 g/mol. The van der Waals surface area contributed by atoms with Crippen molar-refractivity contribution in [2.24, 2.45) is 5.73 Å². The molecule has 100 valence electrons. The number of nitrogens with two attached hydrogens (primary N) is 1. The van der Waals surface area contributed by atoms with Gasteiger partial charge in [0.25, 0.3) is 0 Å². The van der Waals surface area contributed by atoms with E-state index in [1.807, 2.05) is 0 Å². The van der Waals surface area contributed by atoms with Crippen molar-refractivity contribution in [3.05, 3.63) is 0 Å². The molecule has 0 radical (unpaired) electrons. The largest absolute Gasteiger partial charge is 0.528 e. The molecule has 1 amide bonds. The number of rotatable bonds is 7. The Morgan fingerprint density at radius 2 is 2.00 bits per heavy atom. The molecule has 0 aliphatic rings. The molecule has 0 aliphatic carbocycles. The third-order valence-corrected chi connectivity index (χ3v) is 1.95. The first-order valence-electron chi connectivity index (χ1n) is 4.49. The van der Waals surface area contributed by atoms with Gasteiger partial charge in [-0.25, -0.2) is 14.8 Å². The first-order valence-corrected chi connectivity index (χ1v) is 6.03. The Morgan fingerprint density at radius 3 is 2.41 bits per heavy atom. The fraction of sp³-hybridized carbons (Fsp3) is 0.667. The fourth-order valence-electron chi connectivity index (χ4n) is 0.856. The number of phosphoric acid groups is 1. The fourth-order valence-corrected chi connectivity index (χ4v) is 1.12. The first kappa shape index (κ1) is 15.8. The summed E-state index contributed by atoms with van der Waals surface area (Å²) in [7, 11) is -4.95. The third-order valence-electron chi connectivity index (χ3n) is 1.55. The summed E-state index contributed by atoms with van der Waals surface area (Å²) in [5.41, 5.74) is 8.94. The van der Waals surface area contributed by atoms with Crippen LogP contribution in [0, 0.1) is 0 Å². The second kappa shape index (κ2) is 7.20. The highest BCUT2D eigenvalue weighted by molar-refractivity contribution is 7.46. The van der Waals surface area contributed by atoms with Crippen molar-refractivity contribution >= 4 is 19.9 Å². The van der Waals surface area contributed by atoms with Crippen LogP contribution in [-0.2, 0) is 13.9 Å². The number of hydrogen-bond donors (Lipinski definition) is 6. The predicted octanol–water partition coefficient (Wildman–Crippen LogP) is -1.50. The summed E-state index contributed by atoms with van der Waals surface area (Å²) in [6.07, 6.45) is -0.932. The van der Waals surface area contributed by atoms with E-state index < -0.39 is 25.9 Å². The van der Waals surface area contributed by atoms with Crippen LogP contribution in [0.3, 0.4) is 0 Å². The van der Waals surface area contributed by atoms with Crippen molar-refractivity contribution in [1.82, 2.24) is 10.9 Å². The van der Waals surface area contributed by atoms with E-state index in [0.717, 1.165) is 0 Å². The van der Waals surface area contributed by atoms with Gasteiger partial charge in [-0.3, -0.25) is 20.0 Å². The second-order valence-electron chi connectivity index (χ2n) is 2.96. The molecular formula is C6H14N3O7P. The number of aliphatic carboxylic acids is 1. The molecule has 0 rings (SSSR count). The monoisotopic (exact) mass is 271 g/mol. The van der Waals surface area contributed by atoms with Crippen LogP contribution in [0.5, 0.6) is 0 Å². The molecule has 0 saturated carbocycles. The lowest BCUT2D eigenvalue weighted by Gasteiger charge is -2.14. The SMILES string of the molecule is NCCC[C@H](NNC(=O)OP(=O)(O)O)C(=O)O. The van der Waals surface area contributed by atoms with Gasteiger partial charge in [0.05, 0.1) is 0 Å². The minimum atomic E-state index is -4.95. The molecule has 0 heterocycles. The molecule has 0 bridgehead atoms. The van der Waals surface area contributed by atoms with Gasteiger partial charge in [0.15, 0.2) is 0 Å². The van der Waals surface area contributed by atoms with E-state index in [9.17, 15) is 14.2 Å². The van der Waals surface area contributed by atoms with Gasteiger partial charge in [0.2, 0.25) is 0 Å². The highest BCUT2D eigenvalue weighted by atomic mass is 31.2. The Balaban J connectivity index is 4.08. The van der Waals surface area contributed by atoms with Crippen molar-refractivity contribution in [2.75, 3.05) is 6.54 Å². The highest BCUT2D eigenvalue weighted by Gasteiger charge is 2.22. The first-order chi connectivity index (χ1) is 7.76. The van der Waals surface area contributed by atoms with Crippen LogP contribution in [-0.4, -0.2) is 39.5 Å². The number of phosphoric ester groups is 1. The summed E-state index contributed by atoms with van der Waals surface area (Å²) < 4.78 is 13.9. The maximum atomic E-state index is 10.8. The van der Waals surface area contributed by atoms with Gasteiger partial charge in [0, 0.05) is 0 Å². The Bertz CT molecular complexity index is 317. The van der Waals surface area contributed by atoms with Crippen molar-refractivity contribution in [3.8, 4) is 0 Å². The van der Waals surface area contributed by atoms with E-state index in [1.54, 1.807) is 5.43 Å². The van der Waals surface area contributed by atoms with Crippen LogP contribution < -0.4 is 16.6 Å². The summed E-state index contributed by atoms with van der Waals surface area (Å²) in [6.45, 7) is 0.276. The minimum absolute atomic E-state index is 0.141. The molecule has 0 aromatic carbocycles. The highest BCUT2D eigenvalue weighted by Crippen LogP contribution is 2.35. The molecule has 17 heavy (non-hydrogen) atoms. The van der Waals surface area contributed by atoms with Gasteiger partial charge >= 0.3 is 19.9 Å². The van der Waals surface area contributed by atoms with Gasteiger partial charge in [0.1, 0.15) is 6.04 Å². The third kappa shape index (κ3) is 8.60. The Kier molecular flexibility index (Phi) is 6.69. The summed E-state index contributed by atoms with van der Waals surface area (Å²) in [5, 5.41) is 8.70. The number of carboxylic acids is 1. The summed E-state index contributed by atoms with van der Waals surface area (Å²) in [5.74, 6) is -1.24. The van der Waals surface area contributed by atoms with Crippen LogP contribution in [0.1, 0.15) is 12.8 Å². The maximum absolute atomic E-state index is 10.8. The number of hydrogen-bond acceptors (Lipinski definition) is 6. The molecule has 0 aromatic heterocycles. The van der Waals surface area contributed by atoms with Crippen LogP contribution in [0.25, 0.3) is 0 Å². The number of hydrazine groups is 1. The topological polar surface area (TPSA) is 171 Å². The van der Waals surface area contributed by atoms with E-state index >= 15 is 0 Å². The van der Waals surface area contributed by atoms with Crippen LogP contribution >= 0.6 is 7.82 Å². The Labute approximate surface area is 96.3 Å². The van der Waals surface area contributed by atoms with Crippen LogP contribution in [0.15, 0.2) is 0 Å². The van der Waals surface area contributed by atoms with Crippen molar-refractivity contribution in [3.63, 3.8) is 0 Å². The molecule has 0 aliphatic heterocycles. The number of carbonyl (C=O) groups is 2. The molecule has 1 atom stereocenters.